The highest BCUT2D eigenvalue weighted by molar-refractivity contribution is 5.68. The average Bonchev–Trinajstić information content (AvgIpc) is 2.72. The van der Waals surface area contributed by atoms with Crippen LogP contribution in [0, 0.1) is 0 Å². The molecule has 0 spiro atoms. The Balaban J connectivity index is 2.08. The van der Waals surface area contributed by atoms with E-state index in [2.05, 4.69) is 5.32 Å². The average molecular weight is 292 g/mol. The lowest BCUT2D eigenvalue weighted by Crippen LogP contribution is -2.37. The van der Waals surface area contributed by atoms with Gasteiger partial charge in [0.1, 0.15) is 17.5 Å². The largest absolute Gasteiger partial charge is 0.490 e. The fourth-order valence-electron chi connectivity index (χ4n) is 2.39. The Hall–Kier alpha value is -1.75. The molecule has 0 aliphatic carbocycles. The second-order valence-corrected chi connectivity index (χ2v) is 6.43. The van der Waals surface area contributed by atoms with Crippen molar-refractivity contribution in [3.05, 3.63) is 29.3 Å². The molecule has 0 fully saturated rings. The van der Waals surface area contributed by atoms with Crippen LogP contribution in [0.25, 0.3) is 0 Å². The Morgan fingerprint density at radius 3 is 2.86 bits per heavy atom. The summed E-state index contributed by atoms with van der Waals surface area (Å²) in [7, 11) is 0. The van der Waals surface area contributed by atoms with Crippen molar-refractivity contribution in [1.82, 2.24) is 5.32 Å². The van der Waals surface area contributed by atoms with E-state index < -0.39 is 11.7 Å². The minimum atomic E-state index is -0.523. The van der Waals surface area contributed by atoms with Gasteiger partial charge in [0.15, 0.2) is 0 Å². The molecule has 1 amide bonds. The molecule has 1 aliphatic heterocycles. The van der Waals surface area contributed by atoms with Crippen LogP contribution in [0.5, 0.6) is 5.75 Å². The summed E-state index contributed by atoms with van der Waals surface area (Å²) < 4.78 is 10.9. The van der Waals surface area contributed by atoms with Crippen LogP contribution in [0.3, 0.4) is 0 Å². The van der Waals surface area contributed by atoms with Gasteiger partial charge in [0.2, 0.25) is 0 Å². The maximum absolute atomic E-state index is 11.9. The van der Waals surface area contributed by atoms with Crippen molar-refractivity contribution >= 4 is 6.09 Å². The molecule has 2 rings (SSSR count). The van der Waals surface area contributed by atoms with Crippen LogP contribution >= 0.6 is 0 Å². The molecule has 1 aromatic carbocycles. The SMILES string of the molecule is CC1Cc2cc(C(CN)NC(=O)OC(C)(C)C)ccc2O1. The molecule has 0 radical (unpaired) electrons. The third-order valence-electron chi connectivity index (χ3n) is 3.25. The molecule has 21 heavy (non-hydrogen) atoms. The Kier molecular flexibility index (Phi) is 4.42. The molecule has 0 aromatic heterocycles. The van der Waals surface area contributed by atoms with E-state index in [1.165, 1.54) is 0 Å². The van der Waals surface area contributed by atoms with E-state index in [0.717, 1.165) is 23.3 Å². The maximum atomic E-state index is 11.9. The third-order valence-corrected chi connectivity index (χ3v) is 3.25. The van der Waals surface area contributed by atoms with Gasteiger partial charge in [0, 0.05) is 13.0 Å². The monoisotopic (exact) mass is 292 g/mol. The van der Waals surface area contributed by atoms with Gasteiger partial charge >= 0.3 is 6.09 Å². The van der Waals surface area contributed by atoms with Gasteiger partial charge < -0.3 is 20.5 Å². The molecule has 0 saturated carbocycles. The van der Waals surface area contributed by atoms with Crippen molar-refractivity contribution < 1.29 is 14.3 Å². The summed E-state index contributed by atoms with van der Waals surface area (Å²) in [5.74, 6) is 0.916. The minimum absolute atomic E-state index is 0.199. The fraction of sp³-hybridized carbons (Fsp3) is 0.562. The summed E-state index contributed by atoms with van der Waals surface area (Å²) in [5, 5.41) is 2.81. The Morgan fingerprint density at radius 1 is 1.52 bits per heavy atom. The van der Waals surface area contributed by atoms with E-state index in [4.69, 9.17) is 15.2 Å². The lowest BCUT2D eigenvalue weighted by Gasteiger charge is -2.23. The number of nitrogens with two attached hydrogens (primary N) is 1. The van der Waals surface area contributed by atoms with Crippen molar-refractivity contribution in [1.29, 1.82) is 0 Å². The number of fused-ring (bicyclic) bond motifs is 1. The van der Waals surface area contributed by atoms with E-state index >= 15 is 0 Å². The number of rotatable bonds is 3. The molecule has 116 valence electrons. The smallest absolute Gasteiger partial charge is 0.408 e. The van der Waals surface area contributed by atoms with Crippen LogP contribution in [-0.4, -0.2) is 24.3 Å². The number of ether oxygens (including phenoxy) is 2. The van der Waals surface area contributed by atoms with E-state index in [9.17, 15) is 4.79 Å². The lowest BCUT2D eigenvalue weighted by atomic mass is 10.0. The topological polar surface area (TPSA) is 73.6 Å². The van der Waals surface area contributed by atoms with Crippen molar-refractivity contribution in [2.75, 3.05) is 6.54 Å². The molecule has 5 heteroatoms. The first kappa shape index (κ1) is 15.6. The number of carbonyl (C=O) groups is 1. The van der Waals surface area contributed by atoms with Gasteiger partial charge in [-0.25, -0.2) is 4.79 Å². The van der Waals surface area contributed by atoms with Gasteiger partial charge in [0.25, 0.3) is 0 Å². The number of benzene rings is 1. The molecule has 1 aliphatic rings. The number of amides is 1. The molecule has 2 atom stereocenters. The highest BCUT2D eigenvalue weighted by atomic mass is 16.6. The minimum Gasteiger partial charge on any atom is -0.490 e. The number of alkyl carbamates (subject to hydrolysis) is 1. The summed E-state index contributed by atoms with van der Waals surface area (Å²) in [4.78, 5) is 11.9. The summed E-state index contributed by atoms with van der Waals surface area (Å²) >= 11 is 0. The van der Waals surface area contributed by atoms with E-state index in [1.54, 1.807) is 0 Å². The number of nitrogens with one attached hydrogen (secondary N) is 1. The molecule has 3 N–H and O–H groups in total. The zero-order valence-electron chi connectivity index (χ0n) is 13.1. The lowest BCUT2D eigenvalue weighted by molar-refractivity contribution is 0.0505. The van der Waals surface area contributed by atoms with Gasteiger partial charge in [-0.3, -0.25) is 0 Å². The molecule has 1 aromatic rings. The van der Waals surface area contributed by atoms with Crippen LogP contribution < -0.4 is 15.8 Å². The van der Waals surface area contributed by atoms with Crippen molar-refractivity contribution in [2.24, 2.45) is 5.73 Å². The number of carbonyl (C=O) groups excluding carboxylic acids is 1. The standard InChI is InChI=1S/C16H24N2O3/c1-10-7-12-8-11(5-6-14(12)20-10)13(9-17)18-15(19)21-16(2,3)4/h5-6,8,10,13H,7,9,17H2,1-4H3,(H,18,19). The molecular weight excluding hydrogens is 268 g/mol. The van der Waals surface area contributed by atoms with Gasteiger partial charge in [-0.05, 0) is 51.0 Å². The molecule has 0 saturated heterocycles. The first-order chi connectivity index (χ1) is 9.78. The molecule has 5 nitrogen and oxygen atoms in total. The van der Waals surface area contributed by atoms with Crippen LogP contribution in [0.2, 0.25) is 0 Å². The van der Waals surface area contributed by atoms with Crippen LogP contribution in [0.1, 0.15) is 44.9 Å². The second-order valence-electron chi connectivity index (χ2n) is 6.43. The quantitative estimate of drug-likeness (QED) is 0.898. The highest BCUT2D eigenvalue weighted by Gasteiger charge is 2.23. The van der Waals surface area contributed by atoms with Crippen molar-refractivity contribution in [3.8, 4) is 5.75 Å². The number of hydrogen-bond donors (Lipinski definition) is 2. The summed E-state index contributed by atoms with van der Waals surface area (Å²) in [6.45, 7) is 7.85. The highest BCUT2D eigenvalue weighted by Crippen LogP contribution is 2.31. The number of hydrogen-bond acceptors (Lipinski definition) is 4. The van der Waals surface area contributed by atoms with Crippen LogP contribution in [-0.2, 0) is 11.2 Å². The normalized spacial score (nSPS) is 18.6. The van der Waals surface area contributed by atoms with Gasteiger partial charge in [-0.1, -0.05) is 6.07 Å². The first-order valence-corrected chi connectivity index (χ1v) is 7.27. The predicted octanol–water partition coefficient (Wildman–Crippen LogP) is 2.53. The summed E-state index contributed by atoms with van der Waals surface area (Å²) in [6.07, 6.45) is 0.626. The summed E-state index contributed by atoms with van der Waals surface area (Å²) in [6, 6.07) is 5.66. The van der Waals surface area contributed by atoms with Crippen molar-refractivity contribution in [3.63, 3.8) is 0 Å². The Morgan fingerprint density at radius 2 is 2.24 bits per heavy atom. The van der Waals surface area contributed by atoms with Gasteiger partial charge in [-0.2, -0.15) is 0 Å². The Labute approximate surface area is 125 Å². The Bertz CT molecular complexity index is 523. The zero-order chi connectivity index (χ0) is 15.6. The predicted molar refractivity (Wildman–Crippen MR) is 81.4 cm³/mol. The van der Waals surface area contributed by atoms with E-state index in [0.29, 0.717) is 6.54 Å². The first-order valence-electron chi connectivity index (χ1n) is 7.27. The maximum Gasteiger partial charge on any atom is 0.408 e. The van der Waals surface area contributed by atoms with Crippen molar-refractivity contribution in [2.45, 2.75) is 51.9 Å². The van der Waals surface area contributed by atoms with Gasteiger partial charge in [-0.15, -0.1) is 0 Å². The van der Waals surface area contributed by atoms with Gasteiger partial charge in [0.05, 0.1) is 6.04 Å². The van der Waals surface area contributed by atoms with E-state index in [-0.39, 0.29) is 12.1 Å². The fourth-order valence-corrected chi connectivity index (χ4v) is 2.39. The second kappa shape index (κ2) is 5.93. The molecule has 2 unspecified atom stereocenters. The van der Waals surface area contributed by atoms with Crippen LogP contribution in [0.4, 0.5) is 4.79 Å². The molecule has 0 bridgehead atoms. The van der Waals surface area contributed by atoms with Crippen LogP contribution in [0.15, 0.2) is 18.2 Å². The van der Waals surface area contributed by atoms with E-state index in [1.807, 2.05) is 45.9 Å². The molecule has 1 heterocycles. The zero-order valence-corrected chi connectivity index (χ0v) is 13.1. The summed E-state index contributed by atoms with van der Waals surface area (Å²) in [5.41, 5.74) is 7.39. The molecular formula is C16H24N2O3. The third kappa shape index (κ3) is 4.11.